The highest BCUT2D eigenvalue weighted by atomic mass is 79.9. The smallest absolute Gasteiger partial charge is 0.132 e. The van der Waals surface area contributed by atoms with Crippen molar-refractivity contribution in [3.8, 4) is 0 Å². The van der Waals surface area contributed by atoms with Gasteiger partial charge in [0.1, 0.15) is 16.2 Å². The van der Waals surface area contributed by atoms with Crippen LogP contribution < -0.4 is 5.32 Å². The summed E-state index contributed by atoms with van der Waals surface area (Å²) in [7, 11) is 0. The summed E-state index contributed by atoms with van der Waals surface area (Å²) in [5.41, 5.74) is 1.34. The molecule has 1 aromatic carbocycles. The predicted molar refractivity (Wildman–Crippen MR) is 87.1 cm³/mol. The molecule has 1 atom stereocenters. The van der Waals surface area contributed by atoms with E-state index >= 15 is 0 Å². The van der Waals surface area contributed by atoms with E-state index in [1.54, 1.807) is 0 Å². The first-order valence-corrected chi connectivity index (χ1v) is 7.80. The van der Waals surface area contributed by atoms with E-state index in [9.17, 15) is 0 Å². The van der Waals surface area contributed by atoms with Crippen molar-refractivity contribution in [3.05, 3.63) is 52.4 Å². The quantitative estimate of drug-likeness (QED) is 0.796. The first-order chi connectivity index (χ1) is 9.69. The molecule has 2 aromatic rings. The zero-order valence-electron chi connectivity index (χ0n) is 11.9. The largest absolute Gasteiger partial charge is 0.369 e. The van der Waals surface area contributed by atoms with Gasteiger partial charge in [0.2, 0.25) is 0 Å². The Bertz CT molecular complexity index is 543. The Kier molecular flexibility index (Phi) is 5.53. The van der Waals surface area contributed by atoms with Crippen LogP contribution in [0.3, 0.4) is 0 Å². The van der Waals surface area contributed by atoms with Gasteiger partial charge in [0, 0.05) is 19.0 Å². The number of anilines is 1. The van der Waals surface area contributed by atoms with Crippen molar-refractivity contribution in [1.82, 2.24) is 9.97 Å². The maximum absolute atomic E-state index is 4.54. The fourth-order valence-corrected chi connectivity index (χ4v) is 2.47. The number of aromatic nitrogens is 2. The third kappa shape index (κ3) is 4.30. The number of nitrogens with zero attached hydrogens (tertiary/aromatic N) is 2. The van der Waals surface area contributed by atoms with Crippen LogP contribution in [0.5, 0.6) is 0 Å². The molecule has 0 aliphatic carbocycles. The highest BCUT2D eigenvalue weighted by Gasteiger charge is 2.07. The second-order valence-corrected chi connectivity index (χ2v) is 5.75. The van der Waals surface area contributed by atoms with Gasteiger partial charge >= 0.3 is 0 Å². The van der Waals surface area contributed by atoms with Crippen molar-refractivity contribution < 1.29 is 0 Å². The lowest BCUT2D eigenvalue weighted by Gasteiger charge is -2.14. The average molecular weight is 334 g/mol. The summed E-state index contributed by atoms with van der Waals surface area (Å²) in [5.74, 6) is 2.22. The van der Waals surface area contributed by atoms with Crippen LogP contribution in [0.15, 0.2) is 41.0 Å². The summed E-state index contributed by atoms with van der Waals surface area (Å²) in [5, 5.41) is 3.40. The van der Waals surface area contributed by atoms with Crippen LogP contribution in [0.1, 0.15) is 37.6 Å². The Hall–Kier alpha value is -1.42. The fraction of sp³-hybridized carbons (Fsp3) is 0.375. The summed E-state index contributed by atoms with van der Waals surface area (Å²) >= 11 is 3.44. The Labute approximate surface area is 129 Å². The third-order valence-corrected chi connectivity index (χ3v) is 3.58. The molecule has 0 spiro atoms. The topological polar surface area (TPSA) is 37.8 Å². The van der Waals surface area contributed by atoms with E-state index in [1.165, 1.54) is 5.56 Å². The minimum absolute atomic E-state index is 0.444. The number of hydrogen-bond donors (Lipinski definition) is 1. The zero-order chi connectivity index (χ0) is 14.4. The molecule has 2 rings (SSSR count). The summed E-state index contributed by atoms with van der Waals surface area (Å²) in [6, 6.07) is 12.4. The van der Waals surface area contributed by atoms with Gasteiger partial charge in [0.15, 0.2) is 0 Å². The highest BCUT2D eigenvalue weighted by molar-refractivity contribution is 9.10. The molecule has 0 aliphatic heterocycles. The van der Waals surface area contributed by atoms with Crippen LogP contribution in [0.25, 0.3) is 0 Å². The highest BCUT2D eigenvalue weighted by Crippen LogP contribution is 2.17. The van der Waals surface area contributed by atoms with Gasteiger partial charge in [0.05, 0.1) is 0 Å². The van der Waals surface area contributed by atoms with Gasteiger partial charge in [-0.2, -0.15) is 0 Å². The standard InChI is InChI=1S/C16H20BrN3/c1-3-7-15-19-14(17)10-16(20-15)18-11-12(2)13-8-5-4-6-9-13/h4-6,8-10,12H,3,7,11H2,1-2H3,(H,18,19,20). The van der Waals surface area contributed by atoms with E-state index in [1.807, 2.05) is 12.1 Å². The first-order valence-electron chi connectivity index (χ1n) is 7.01. The van der Waals surface area contributed by atoms with E-state index in [-0.39, 0.29) is 0 Å². The van der Waals surface area contributed by atoms with Crippen LogP contribution >= 0.6 is 15.9 Å². The number of benzene rings is 1. The average Bonchev–Trinajstić information content (AvgIpc) is 2.45. The van der Waals surface area contributed by atoms with Gasteiger partial charge in [0.25, 0.3) is 0 Å². The number of rotatable bonds is 6. The van der Waals surface area contributed by atoms with Crippen molar-refractivity contribution >= 4 is 21.7 Å². The molecule has 106 valence electrons. The van der Waals surface area contributed by atoms with E-state index in [2.05, 4.69) is 69.3 Å². The molecule has 3 nitrogen and oxygen atoms in total. The van der Waals surface area contributed by atoms with Crippen molar-refractivity contribution in [1.29, 1.82) is 0 Å². The summed E-state index contributed by atoms with van der Waals surface area (Å²) in [6.45, 7) is 5.21. The minimum atomic E-state index is 0.444. The number of halogens is 1. The molecule has 20 heavy (non-hydrogen) atoms. The second kappa shape index (κ2) is 7.39. The van der Waals surface area contributed by atoms with Crippen molar-refractivity contribution in [3.63, 3.8) is 0 Å². The Morgan fingerprint density at radius 2 is 1.95 bits per heavy atom. The van der Waals surface area contributed by atoms with Gasteiger partial charge in [-0.05, 0) is 33.8 Å². The maximum atomic E-state index is 4.54. The summed E-state index contributed by atoms with van der Waals surface area (Å²) < 4.78 is 0.839. The van der Waals surface area contributed by atoms with Crippen molar-refractivity contribution in [2.45, 2.75) is 32.6 Å². The molecule has 0 aliphatic rings. The fourth-order valence-electron chi connectivity index (χ4n) is 2.05. The van der Waals surface area contributed by atoms with Gasteiger partial charge in [-0.1, -0.05) is 44.2 Å². The van der Waals surface area contributed by atoms with Gasteiger partial charge in [-0.25, -0.2) is 9.97 Å². The third-order valence-electron chi connectivity index (χ3n) is 3.17. The molecule has 0 radical (unpaired) electrons. The van der Waals surface area contributed by atoms with Crippen LogP contribution in [0.2, 0.25) is 0 Å². The molecule has 0 amide bonds. The predicted octanol–water partition coefficient (Wildman–Crippen LogP) is 4.41. The monoisotopic (exact) mass is 333 g/mol. The zero-order valence-corrected chi connectivity index (χ0v) is 13.5. The summed E-state index contributed by atoms with van der Waals surface area (Å²) in [4.78, 5) is 8.91. The molecule has 4 heteroatoms. The molecule has 1 heterocycles. The minimum Gasteiger partial charge on any atom is -0.369 e. The van der Waals surface area contributed by atoms with Gasteiger partial charge in [-0.3, -0.25) is 0 Å². The van der Waals surface area contributed by atoms with E-state index in [0.717, 1.165) is 35.6 Å². The Morgan fingerprint density at radius 3 is 2.65 bits per heavy atom. The number of aryl methyl sites for hydroxylation is 1. The van der Waals surface area contributed by atoms with E-state index in [4.69, 9.17) is 0 Å². The molecule has 0 saturated heterocycles. The lowest BCUT2D eigenvalue weighted by atomic mass is 10.0. The van der Waals surface area contributed by atoms with Gasteiger partial charge < -0.3 is 5.32 Å². The van der Waals surface area contributed by atoms with E-state index < -0.39 is 0 Å². The summed E-state index contributed by atoms with van der Waals surface area (Å²) in [6.07, 6.45) is 1.96. The van der Waals surface area contributed by atoms with Gasteiger partial charge in [-0.15, -0.1) is 0 Å². The molecule has 1 N–H and O–H groups in total. The molecular formula is C16H20BrN3. The van der Waals surface area contributed by atoms with E-state index in [0.29, 0.717) is 5.92 Å². The number of hydrogen-bond acceptors (Lipinski definition) is 3. The van der Waals surface area contributed by atoms with Crippen molar-refractivity contribution in [2.24, 2.45) is 0 Å². The lowest BCUT2D eigenvalue weighted by Crippen LogP contribution is -2.12. The van der Waals surface area contributed by atoms with Crippen LogP contribution in [-0.2, 0) is 6.42 Å². The first kappa shape index (κ1) is 15.0. The molecular weight excluding hydrogens is 314 g/mol. The van der Waals surface area contributed by atoms with Crippen LogP contribution in [0.4, 0.5) is 5.82 Å². The molecule has 1 aromatic heterocycles. The second-order valence-electron chi connectivity index (χ2n) is 4.93. The number of nitrogens with one attached hydrogen (secondary N) is 1. The van der Waals surface area contributed by atoms with Crippen LogP contribution in [-0.4, -0.2) is 16.5 Å². The normalized spacial score (nSPS) is 12.2. The molecule has 0 saturated carbocycles. The maximum Gasteiger partial charge on any atom is 0.132 e. The Morgan fingerprint density at radius 1 is 1.20 bits per heavy atom. The molecule has 0 bridgehead atoms. The molecule has 1 unspecified atom stereocenters. The SMILES string of the molecule is CCCc1nc(Br)cc(NCC(C)c2ccccc2)n1. The van der Waals surface area contributed by atoms with Crippen LogP contribution in [0, 0.1) is 0 Å². The lowest BCUT2D eigenvalue weighted by molar-refractivity contribution is 0.790. The van der Waals surface area contributed by atoms with Crippen molar-refractivity contribution in [2.75, 3.05) is 11.9 Å². The Balaban J connectivity index is 2.00. The molecule has 0 fully saturated rings.